The lowest BCUT2D eigenvalue weighted by atomic mass is 9.90. The van der Waals surface area contributed by atoms with Gasteiger partial charge >= 0.3 is 0 Å². The summed E-state index contributed by atoms with van der Waals surface area (Å²) in [6.45, 7) is 27.3. The number of nitrogens with one attached hydrogen (secondary N) is 3. The van der Waals surface area contributed by atoms with Crippen LogP contribution in [0, 0.1) is 17.8 Å². The van der Waals surface area contributed by atoms with Crippen molar-refractivity contribution in [3.63, 3.8) is 0 Å². The Morgan fingerprint density at radius 1 is 0.966 bits per heavy atom. The van der Waals surface area contributed by atoms with Gasteiger partial charge in [-0.1, -0.05) is 99.6 Å². The molecule has 0 aromatic rings. The molecule has 4 N–H and O–H groups in total. The van der Waals surface area contributed by atoms with Crippen molar-refractivity contribution in [2.24, 2.45) is 17.8 Å². The number of rotatable bonds is 22. The molecule has 2 heterocycles. The zero-order valence-electron chi connectivity index (χ0n) is 38.8. The minimum absolute atomic E-state index is 0.0536. The molecule has 0 saturated carbocycles. The van der Waals surface area contributed by atoms with Crippen LogP contribution in [-0.2, 0) is 33.4 Å². The first kappa shape index (κ1) is 57.7. The molecular weight excluding hydrogens is 753 g/mol. The quantitative estimate of drug-likeness (QED) is 0.0861. The molecule has 8 unspecified atom stereocenters. The second-order valence-corrected chi connectivity index (χ2v) is 15.6. The number of hydrogen-bond donors (Lipinski definition) is 4. The monoisotopic (exact) mass is 837 g/mol. The van der Waals surface area contributed by atoms with Crippen LogP contribution in [0.1, 0.15) is 100 Å². The van der Waals surface area contributed by atoms with Gasteiger partial charge < -0.3 is 45.1 Å². The molecule has 342 valence electrons. The van der Waals surface area contributed by atoms with Gasteiger partial charge in [-0.2, -0.15) is 0 Å². The highest BCUT2D eigenvalue weighted by atomic mass is 16.5. The number of aldehydes is 1. The SMILES string of the molecule is C=C/C=C(\C=C)CC(CC)NC.CCC.CCC(C)C(C(CC(=O)N1CCCC1C(OC)C(C)C=O)OC)N(C)C(=O)CNC(=O)C(C(C)C)N1CCNCC1.O=CO. The van der Waals surface area contributed by atoms with Gasteiger partial charge in [-0.3, -0.25) is 24.1 Å². The van der Waals surface area contributed by atoms with Crippen molar-refractivity contribution in [1.29, 1.82) is 0 Å². The number of amides is 3. The van der Waals surface area contributed by atoms with Gasteiger partial charge in [0.2, 0.25) is 17.7 Å². The van der Waals surface area contributed by atoms with Crippen molar-refractivity contribution >= 4 is 30.5 Å². The van der Waals surface area contributed by atoms with Crippen molar-refractivity contribution in [2.45, 2.75) is 137 Å². The van der Waals surface area contributed by atoms with Crippen LogP contribution in [0.4, 0.5) is 0 Å². The molecule has 0 aromatic carbocycles. The van der Waals surface area contributed by atoms with Crippen molar-refractivity contribution in [3.05, 3.63) is 37.0 Å². The highest BCUT2D eigenvalue weighted by Crippen LogP contribution is 2.28. The molecule has 3 amide bonds. The lowest BCUT2D eigenvalue weighted by molar-refractivity contribution is -0.145. The first-order valence-electron chi connectivity index (χ1n) is 21.6. The maximum absolute atomic E-state index is 13.6. The first-order chi connectivity index (χ1) is 28.1. The van der Waals surface area contributed by atoms with E-state index in [1.165, 1.54) is 12.0 Å². The number of hydrogen-bond acceptors (Lipinski definition) is 10. The second kappa shape index (κ2) is 34.3. The van der Waals surface area contributed by atoms with Gasteiger partial charge in [0.05, 0.1) is 43.3 Å². The normalized spacial score (nSPS) is 19.0. The molecule has 2 saturated heterocycles. The minimum Gasteiger partial charge on any atom is -0.483 e. The Kier molecular flexibility index (Phi) is 33.5. The number of ether oxygens (including phenoxy) is 2. The van der Waals surface area contributed by atoms with E-state index < -0.39 is 6.10 Å². The second-order valence-electron chi connectivity index (χ2n) is 15.6. The molecule has 0 aliphatic carbocycles. The summed E-state index contributed by atoms with van der Waals surface area (Å²) in [7, 11) is 6.86. The standard InChI is InChI=1S/C30H55N5O6.C11H19N.C3H8.CH2O2/c1-9-21(4)28(24(40-7)17-25(37)35-14-10-11-23(35)29(41-8)22(5)19-36)33(6)26(38)18-32-30(39)27(20(2)3)34-15-12-31-13-16-34;1-5-8-10(6-2)9-11(7-3)12-4;1-3-2;2-1-3/h19-24,27-29,31H,9-18H2,1-8H3,(H,32,39);5-6,8,11-12H,1-2,7,9H2,3-4H3;3H2,1-2H3;1H,(H,2,3)/b;10-8+;;. The van der Waals surface area contributed by atoms with E-state index >= 15 is 0 Å². The van der Waals surface area contributed by atoms with Gasteiger partial charge in [-0.05, 0) is 50.1 Å². The highest BCUT2D eigenvalue weighted by Gasteiger charge is 2.40. The maximum Gasteiger partial charge on any atom is 0.290 e. The molecule has 14 heteroatoms. The third kappa shape index (κ3) is 21.1. The third-order valence-electron chi connectivity index (χ3n) is 11.0. The Labute approximate surface area is 357 Å². The van der Waals surface area contributed by atoms with Crippen molar-refractivity contribution in [3.8, 4) is 0 Å². The predicted molar refractivity (Wildman–Crippen MR) is 239 cm³/mol. The maximum atomic E-state index is 13.6. The summed E-state index contributed by atoms with van der Waals surface area (Å²) in [5.74, 6) is -0.598. The Bertz CT molecular complexity index is 1220. The molecule has 2 fully saturated rings. The fraction of sp³-hybridized carbons (Fsp3) is 0.756. The van der Waals surface area contributed by atoms with E-state index in [1.54, 1.807) is 32.2 Å². The summed E-state index contributed by atoms with van der Waals surface area (Å²) < 4.78 is 11.5. The number of carbonyl (C=O) groups excluding carboxylic acids is 4. The van der Waals surface area contributed by atoms with Crippen molar-refractivity contribution < 1.29 is 38.6 Å². The Balaban J connectivity index is 0. The largest absolute Gasteiger partial charge is 0.483 e. The van der Waals surface area contributed by atoms with Crippen LogP contribution in [0.5, 0.6) is 0 Å². The van der Waals surface area contributed by atoms with Crippen LogP contribution in [0.3, 0.4) is 0 Å². The van der Waals surface area contributed by atoms with E-state index in [-0.39, 0.29) is 79.1 Å². The van der Waals surface area contributed by atoms with Crippen LogP contribution < -0.4 is 16.0 Å². The molecule has 59 heavy (non-hydrogen) atoms. The fourth-order valence-corrected chi connectivity index (χ4v) is 7.63. The fourth-order valence-electron chi connectivity index (χ4n) is 7.63. The predicted octanol–water partition coefficient (Wildman–Crippen LogP) is 4.94. The summed E-state index contributed by atoms with van der Waals surface area (Å²) in [5, 5.41) is 16.3. The van der Waals surface area contributed by atoms with E-state index in [4.69, 9.17) is 19.4 Å². The average Bonchev–Trinajstić information content (AvgIpc) is 3.72. The number of piperazine rings is 1. The molecule has 0 radical (unpaired) electrons. The summed E-state index contributed by atoms with van der Waals surface area (Å²) in [6, 6.07) is -0.280. The molecule has 0 aromatic heterocycles. The van der Waals surface area contributed by atoms with Gasteiger partial charge in [-0.25, -0.2) is 0 Å². The Morgan fingerprint density at radius 3 is 2.00 bits per heavy atom. The zero-order chi connectivity index (χ0) is 45.5. The van der Waals surface area contributed by atoms with Crippen LogP contribution in [0.2, 0.25) is 0 Å². The van der Waals surface area contributed by atoms with Crippen LogP contribution in [0.25, 0.3) is 0 Å². The van der Waals surface area contributed by atoms with Gasteiger partial charge in [0.25, 0.3) is 6.47 Å². The lowest BCUT2D eigenvalue weighted by Crippen LogP contribution is -2.57. The lowest BCUT2D eigenvalue weighted by Gasteiger charge is -2.39. The van der Waals surface area contributed by atoms with Crippen LogP contribution in [0.15, 0.2) is 37.0 Å². The Morgan fingerprint density at radius 2 is 1.56 bits per heavy atom. The first-order valence-corrected chi connectivity index (χ1v) is 21.6. The molecule has 2 rings (SSSR count). The summed E-state index contributed by atoms with van der Waals surface area (Å²) in [4.78, 5) is 65.7. The van der Waals surface area contributed by atoms with Crippen molar-refractivity contribution in [1.82, 2.24) is 30.7 Å². The topological polar surface area (TPSA) is 170 Å². The molecule has 8 atom stereocenters. The van der Waals surface area contributed by atoms with Gasteiger partial charge in [0.1, 0.15) is 6.29 Å². The highest BCUT2D eigenvalue weighted by molar-refractivity contribution is 5.87. The molecular formula is C45H84N6O8. The van der Waals surface area contributed by atoms with Gasteiger partial charge in [0.15, 0.2) is 0 Å². The molecule has 0 spiro atoms. The minimum atomic E-state index is -0.530. The van der Waals surface area contributed by atoms with E-state index in [1.807, 2.05) is 58.7 Å². The zero-order valence-corrected chi connectivity index (χ0v) is 38.8. The summed E-state index contributed by atoms with van der Waals surface area (Å²) in [6.07, 6.45) is 11.6. The van der Waals surface area contributed by atoms with Crippen LogP contribution >= 0.6 is 0 Å². The third-order valence-corrected chi connectivity index (χ3v) is 11.0. The smallest absolute Gasteiger partial charge is 0.290 e. The average molecular weight is 837 g/mol. The molecule has 0 bridgehead atoms. The number of likely N-dealkylation sites (N-methyl/N-ethyl adjacent to an activating group) is 1. The summed E-state index contributed by atoms with van der Waals surface area (Å²) >= 11 is 0. The molecule has 14 nitrogen and oxygen atoms in total. The van der Waals surface area contributed by atoms with E-state index in [0.29, 0.717) is 12.6 Å². The Hall–Kier alpha value is -3.43. The number of likely N-dealkylation sites (tertiary alicyclic amines) is 1. The summed E-state index contributed by atoms with van der Waals surface area (Å²) in [5.41, 5.74) is 1.24. The van der Waals surface area contributed by atoms with E-state index in [0.717, 1.165) is 64.6 Å². The van der Waals surface area contributed by atoms with Crippen LogP contribution in [-0.4, -0.2) is 154 Å². The number of methoxy groups -OCH3 is 2. The van der Waals surface area contributed by atoms with E-state index in [2.05, 4.69) is 54.8 Å². The molecule has 2 aliphatic heterocycles. The number of nitrogens with zero attached hydrogens (tertiary/aromatic N) is 3. The number of carboxylic acid groups (broad SMARTS) is 1. The van der Waals surface area contributed by atoms with Gasteiger partial charge in [0, 0.05) is 66.0 Å². The number of allylic oxidation sites excluding steroid dienone is 3. The van der Waals surface area contributed by atoms with E-state index in [9.17, 15) is 19.2 Å². The van der Waals surface area contributed by atoms with Crippen molar-refractivity contribution in [2.75, 3.05) is 67.6 Å². The molecule has 2 aliphatic rings. The van der Waals surface area contributed by atoms with Gasteiger partial charge in [-0.15, -0.1) is 0 Å². The number of carbonyl (C=O) groups is 5.